The van der Waals surface area contributed by atoms with Crippen LogP contribution in [0.3, 0.4) is 0 Å². The smallest absolute Gasteiger partial charge is 0.271 e. The molecule has 0 bridgehead atoms. The number of carbonyl (C=O) groups excluding carboxylic acids is 1. The van der Waals surface area contributed by atoms with E-state index in [-0.39, 0.29) is 11.5 Å². The first-order valence-corrected chi connectivity index (χ1v) is 6.05. The molecule has 0 saturated heterocycles. The molecule has 0 saturated carbocycles. The molecule has 7 nitrogen and oxygen atoms in total. The first-order valence-electron chi connectivity index (χ1n) is 4.50. The number of primary amides is 1. The third kappa shape index (κ3) is 4.01. The van der Waals surface area contributed by atoms with Crippen LogP contribution in [0, 0.1) is 0 Å². The van der Waals surface area contributed by atoms with E-state index >= 15 is 0 Å². The third-order valence-corrected chi connectivity index (χ3v) is 2.55. The fourth-order valence-electron chi connectivity index (χ4n) is 1.03. The maximum absolute atomic E-state index is 10.9. The molecule has 0 aliphatic heterocycles. The molecule has 8 heteroatoms. The van der Waals surface area contributed by atoms with Gasteiger partial charge in [-0.3, -0.25) is 4.79 Å². The van der Waals surface area contributed by atoms with E-state index in [2.05, 4.69) is 5.32 Å². The second-order valence-electron chi connectivity index (χ2n) is 3.16. The van der Waals surface area contributed by atoms with E-state index in [9.17, 15) is 13.2 Å². The zero-order chi connectivity index (χ0) is 12.2. The van der Waals surface area contributed by atoms with Crippen molar-refractivity contribution in [3.05, 3.63) is 17.9 Å². The predicted molar refractivity (Wildman–Crippen MR) is 55.6 cm³/mol. The lowest BCUT2D eigenvalue weighted by molar-refractivity contribution is -0.117. The summed E-state index contributed by atoms with van der Waals surface area (Å²) in [5.74, 6) is 0.0191. The molecule has 90 valence electrons. The summed E-state index contributed by atoms with van der Waals surface area (Å²) in [6.07, 6.45) is 0.211. The standard InChI is InChI=1S/C8H13N3O4S/c9-7(12)3-4-11-5-6-1-2-8(15-6)16(10,13)14/h1-2,11H,3-5H2,(H2,9,12)(H2,10,13,14). The van der Waals surface area contributed by atoms with Gasteiger partial charge in [0.25, 0.3) is 10.0 Å². The van der Waals surface area contributed by atoms with Gasteiger partial charge in [0.15, 0.2) is 0 Å². The Morgan fingerprint density at radius 3 is 2.62 bits per heavy atom. The van der Waals surface area contributed by atoms with Gasteiger partial charge in [0.1, 0.15) is 5.76 Å². The number of hydrogen-bond acceptors (Lipinski definition) is 5. The minimum atomic E-state index is -3.79. The summed E-state index contributed by atoms with van der Waals surface area (Å²) >= 11 is 0. The molecule has 0 fully saturated rings. The summed E-state index contributed by atoms with van der Waals surface area (Å²) in [6.45, 7) is 0.712. The van der Waals surface area contributed by atoms with Crippen LogP contribution in [0.4, 0.5) is 0 Å². The molecule has 1 rings (SSSR count). The Kier molecular flexibility index (Phi) is 4.05. The van der Waals surface area contributed by atoms with E-state index in [1.54, 1.807) is 0 Å². The van der Waals surface area contributed by atoms with Gasteiger partial charge in [-0.1, -0.05) is 0 Å². The molecular weight excluding hydrogens is 234 g/mol. The molecule has 0 atom stereocenters. The van der Waals surface area contributed by atoms with Gasteiger partial charge in [-0.05, 0) is 12.1 Å². The average Bonchev–Trinajstić information content (AvgIpc) is 2.59. The highest BCUT2D eigenvalue weighted by Gasteiger charge is 2.12. The van der Waals surface area contributed by atoms with Crippen LogP contribution in [0.15, 0.2) is 21.6 Å². The molecule has 1 aromatic heterocycles. The first-order chi connectivity index (χ1) is 7.39. The molecular formula is C8H13N3O4S. The van der Waals surface area contributed by atoms with E-state index in [4.69, 9.17) is 15.3 Å². The van der Waals surface area contributed by atoms with E-state index in [0.717, 1.165) is 0 Å². The van der Waals surface area contributed by atoms with Crippen molar-refractivity contribution < 1.29 is 17.6 Å². The van der Waals surface area contributed by atoms with Gasteiger partial charge in [-0.25, -0.2) is 13.6 Å². The van der Waals surface area contributed by atoms with E-state index in [1.807, 2.05) is 0 Å². The summed E-state index contributed by atoms with van der Waals surface area (Å²) in [5, 5.41) is 7.45. The largest absolute Gasteiger partial charge is 0.447 e. The van der Waals surface area contributed by atoms with Crippen molar-refractivity contribution in [2.24, 2.45) is 10.9 Å². The van der Waals surface area contributed by atoms with Crippen LogP contribution in [0.2, 0.25) is 0 Å². The number of rotatable bonds is 6. The lowest BCUT2D eigenvalue weighted by Gasteiger charge is -1.99. The highest BCUT2D eigenvalue weighted by molar-refractivity contribution is 7.89. The Hall–Kier alpha value is -1.38. The molecule has 0 aliphatic carbocycles. The second-order valence-corrected chi connectivity index (χ2v) is 4.65. The van der Waals surface area contributed by atoms with Gasteiger partial charge in [-0.2, -0.15) is 0 Å². The number of furan rings is 1. The molecule has 0 unspecified atom stereocenters. The summed E-state index contributed by atoms with van der Waals surface area (Å²) in [4.78, 5) is 10.4. The second kappa shape index (κ2) is 5.10. The van der Waals surface area contributed by atoms with Gasteiger partial charge in [0.05, 0.1) is 6.54 Å². The van der Waals surface area contributed by atoms with Crippen molar-refractivity contribution in [3.8, 4) is 0 Å². The minimum Gasteiger partial charge on any atom is -0.447 e. The van der Waals surface area contributed by atoms with Gasteiger partial charge in [0.2, 0.25) is 11.0 Å². The van der Waals surface area contributed by atoms with Crippen molar-refractivity contribution in [1.29, 1.82) is 0 Å². The molecule has 1 aromatic rings. The molecule has 0 aliphatic rings. The highest BCUT2D eigenvalue weighted by atomic mass is 32.2. The molecule has 0 aromatic carbocycles. The van der Waals surface area contributed by atoms with E-state index < -0.39 is 15.9 Å². The fraction of sp³-hybridized carbons (Fsp3) is 0.375. The van der Waals surface area contributed by atoms with Crippen LogP contribution in [-0.2, 0) is 21.4 Å². The van der Waals surface area contributed by atoms with Crippen LogP contribution in [0.1, 0.15) is 12.2 Å². The van der Waals surface area contributed by atoms with Gasteiger partial charge in [0, 0.05) is 13.0 Å². The van der Waals surface area contributed by atoms with Crippen molar-refractivity contribution in [3.63, 3.8) is 0 Å². The summed E-state index contributed by atoms with van der Waals surface area (Å²) in [6, 6.07) is 2.78. The Bertz CT molecular complexity index is 465. The number of nitrogens with one attached hydrogen (secondary N) is 1. The van der Waals surface area contributed by atoms with Crippen LogP contribution in [0.25, 0.3) is 0 Å². The van der Waals surface area contributed by atoms with E-state index in [1.165, 1.54) is 12.1 Å². The van der Waals surface area contributed by atoms with Crippen LogP contribution in [-0.4, -0.2) is 20.9 Å². The molecule has 0 radical (unpaired) electrons. The molecule has 1 heterocycles. The minimum absolute atomic E-state index is 0.211. The van der Waals surface area contributed by atoms with Gasteiger partial charge in [-0.15, -0.1) is 0 Å². The Balaban J connectivity index is 2.44. The predicted octanol–water partition coefficient (Wildman–Crippen LogP) is -1.11. The van der Waals surface area contributed by atoms with Crippen molar-refractivity contribution in [2.45, 2.75) is 18.1 Å². The lowest BCUT2D eigenvalue weighted by atomic mass is 10.4. The number of carbonyl (C=O) groups is 1. The van der Waals surface area contributed by atoms with Crippen molar-refractivity contribution in [1.82, 2.24) is 5.32 Å². The zero-order valence-electron chi connectivity index (χ0n) is 8.47. The summed E-state index contributed by atoms with van der Waals surface area (Å²) < 4.78 is 26.7. The van der Waals surface area contributed by atoms with Crippen LogP contribution >= 0.6 is 0 Å². The summed E-state index contributed by atoms with van der Waals surface area (Å²) in [5.41, 5.74) is 4.93. The van der Waals surface area contributed by atoms with Gasteiger partial charge >= 0.3 is 0 Å². The van der Waals surface area contributed by atoms with Crippen molar-refractivity contribution >= 4 is 15.9 Å². The Morgan fingerprint density at radius 1 is 1.44 bits per heavy atom. The van der Waals surface area contributed by atoms with Crippen molar-refractivity contribution in [2.75, 3.05) is 6.54 Å². The maximum atomic E-state index is 10.9. The number of amides is 1. The Morgan fingerprint density at radius 2 is 2.12 bits per heavy atom. The SMILES string of the molecule is NC(=O)CCNCc1ccc(S(N)(=O)=O)o1. The number of hydrogen-bond donors (Lipinski definition) is 3. The number of nitrogens with two attached hydrogens (primary N) is 2. The van der Waals surface area contributed by atoms with Gasteiger partial charge < -0.3 is 15.5 Å². The Labute approximate surface area is 92.8 Å². The average molecular weight is 247 g/mol. The van der Waals surface area contributed by atoms with Crippen LogP contribution < -0.4 is 16.2 Å². The quantitative estimate of drug-likeness (QED) is 0.549. The third-order valence-electron chi connectivity index (χ3n) is 1.76. The highest BCUT2D eigenvalue weighted by Crippen LogP contribution is 2.11. The van der Waals surface area contributed by atoms with Crippen LogP contribution in [0.5, 0.6) is 0 Å². The first kappa shape index (κ1) is 12.7. The molecule has 1 amide bonds. The topological polar surface area (TPSA) is 128 Å². The summed E-state index contributed by atoms with van der Waals surface area (Å²) in [7, 11) is -3.79. The molecule has 0 spiro atoms. The lowest BCUT2D eigenvalue weighted by Crippen LogP contribution is -2.21. The number of primary sulfonamides is 1. The zero-order valence-corrected chi connectivity index (χ0v) is 9.29. The molecule has 16 heavy (non-hydrogen) atoms. The molecule has 5 N–H and O–H groups in total. The monoisotopic (exact) mass is 247 g/mol. The number of sulfonamides is 1. The fourth-order valence-corrected chi connectivity index (χ4v) is 1.51. The maximum Gasteiger partial charge on any atom is 0.271 e. The normalized spacial score (nSPS) is 11.6. The van der Waals surface area contributed by atoms with E-state index in [0.29, 0.717) is 18.8 Å².